The van der Waals surface area contributed by atoms with Crippen molar-refractivity contribution in [3.63, 3.8) is 0 Å². The molecule has 2 unspecified atom stereocenters. The summed E-state index contributed by atoms with van der Waals surface area (Å²) in [5.74, 6) is 1.71. The highest BCUT2D eigenvalue weighted by Gasteiger charge is 2.30. The lowest BCUT2D eigenvalue weighted by Gasteiger charge is -2.29. The van der Waals surface area contributed by atoms with Gasteiger partial charge in [0.15, 0.2) is 11.5 Å². The number of methoxy groups -OCH3 is 3. The molecule has 2 rings (SSSR count). The molecule has 166 valence electrons. The van der Waals surface area contributed by atoms with E-state index in [1.54, 1.807) is 21.3 Å². The Balaban J connectivity index is 1.86. The highest BCUT2D eigenvalue weighted by atomic mass is 31.2. The zero-order valence-electron chi connectivity index (χ0n) is 18.0. The Labute approximate surface area is 174 Å². The van der Waals surface area contributed by atoms with E-state index in [0.29, 0.717) is 30.2 Å². The summed E-state index contributed by atoms with van der Waals surface area (Å²) >= 11 is 0. The van der Waals surface area contributed by atoms with E-state index in [2.05, 4.69) is 5.32 Å². The molecule has 1 aromatic rings. The van der Waals surface area contributed by atoms with Gasteiger partial charge in [0.1, 0.15) is 0 Å². The third-order valence-electron chi connectivity index (χ3n) is 5.71. The Morgan fingerprint density at radius 2 is 1.76 bits per heavy atom. The van der Waals surface area contributed by atoms with Crippen molar-refractivity contribution < 1.29 is 28.8 Å². The van der Waals surface area contributed by atoms with E-state index in [1.807, 2.05) is 19.1 Å². The fourth-order valence-corrected chi connectivity index (χ4v) is 5.97. The number of ether oxygens (including phenoxy) is 3. The maximum Gasteiger partial charge on any atom is 0.203 e. The first-order valence-corrected chi connectivity index (χ1v) is 12.4. The minimum absolute atomic E-state index is 0.0157. The van der Waals surface area contributed by atoms with Gasteiger partial charge in [-0.05, 0) is 56.3 Å². The van der Waals surface area contributed by atoms with Gasteiger partial charge in [-0.1, -0.05) is 12.8 Å². The second-order valence-corrected chi connectivity index (χ2v) is 10.4. The number of nitrogens with one attached hydrogen (secondary N) is 1. The molecule has 7 nitrogen and oxygen atoms in total. The largest absolute Gasteiger partial charge is 0.493 e. The summed E-state index contributed by atoms with van der Waals surface area (Å²) in [5, 5.41) is 13.4. The van der Waals surface area contributed by atoms with Crippen LogP contribution in [0.25, 0.3) is 0 Å². The SMILES string of the molecule is COc1cc([C@H](C)NCCCP(=O)(O)CC2CCCC[C@@H]2O)cc(OC)c1OC. The van der Waals surface area contributed by atoms with Crippen molar-refractivity contribution >= 4 is 7.37 Å². The van der Waals surface area contributed by atoms with Gasteiger partial charge >= 0.3 is 0 Å². The van der Waals surface area contributed by atoms with E-state index < -0.39 is 13.5 Å². The predicted molar refractivity (Wildman–Crippen MR) is 115 cm³/mol. The van der Waals surface area contributed by atoms with Crippen LogP contribution in [0.2, 0.25) is 0 Å². The molecular weight excluding hydrogens is 393 g/mol. The van der Waals surface area contributed by atoms with Crippen LogP contribution in [0.3, 0.4) is 0 Å². The number of aliphatic hydroxyl groups excluding tert-OH is 1. The summed E-state index contributed by atoms with van der Waals surface area (Å²) in [6, 6.07) is 3.82. The maximum absolute atomic E-state index is 12.5. The second kappa shape index (κ2) is 11.2. The smallest absolute Gasteiger partial charge is 0.203 e. The Bertz CT molecular complexity index is 673. The molecule has 1 aliphatic carbocycles. The van der Waals surface area contributed by atoms with Gasteiger partial charge in [-0.15, -0.1) is 0 Å². The molecular formula is C21H36NO6P. The quantitative estimate of drug-likeness (QED) is 0.365. The molecule has 1 aromatic carbocycles. The first kappa shape index (κ1) is 24.0. The van der Waals surface area contributed by atoms with Crippen LogP contribution in [-0.4, -0.2) is 56.3 Å². The Morgan fingerprint density at radius 1 is 1.14 bits per heavy atom. The van der Waals surface area contributed by atoms with Crippen molar-refractivity contribution in [1.82, 2.24) is 5.32 Å². The second-order valence-electron chi connectivity index (χ2n) is 7.85. The molecule has 0 radical (unpaired) electrons. The summed E-state index contributed by atoms with van der Waals surface area (Å²) < 4.78 is 28.7. The van der Waals surface area contributed by atoms with Gasteiger partial charge in [-0.2, -0.15) is 0 Å². The lowest BCUT2D eigenvalue weighted by Crippen LogP contribution is -2.28. The van der Waals surface area contributed by atoms with Crippen LogP contribution in [0, 0.1) is 5.92 Å². The van der Waals surface area contributed by atoms with Crippen LogP contribution in [0.1, 0.15) is 50.6 Å². The molecule has 0 saturated heterocycles. The van der Waals surface area contributed by atoms with Crippen LogP contribution >= 0.6 is 7.37 Å². The fourth-order valence-electron chi connectivity index (χ4n) is 3.97. The average Bonchev–Trinajstić information content (AvgIpc) is 2.71. The first-order valence-electron chi connectivity index (χ1n) is 10.3. The van der Waals surface area contributed by atoms with Gasteiger partial charge in [0.2, 0.25) is 13.1 Å². The molecule has 0 heterocycles. The summed E-state index contributed by atoms with van der Waals surface area (Å²) in [7, 11) is 1.52. The van der Waals surface area contributed by atoms with E-state index in [-0.39, 0.29) is 24.3 Å². The van der Waals surface area contributed by atoms with Crippen molar-refractivity contribution in [2.75, 3.05) is 40.2 Å². The van der Waals surface area contributed by atoms with Gasteiger partial charge in [0.25, 0.3) is 0 Å². The fraction of sp³-hybridized carbons (Fsp3) is 0.714. The molecule has 0 aromatic heterocycles. The van der Waals surface area contributed by atoms with E-state index >= 15 is 0 Å². The molecule has 1 fully saturated rings. The molecule has 0 bridgehead atoms. The Kier molecular flexibility index (Phi) is 9.28. The predicted octanol–water partition coefficient (Wildman–Crippen LogP) is 3.57. The third-order valence-corrected chi connectivity index (χ3v) is 7.77. The van der Waals surface area contributed by atoms with E-state index in [9.17, 15) is 14.6 Å². The standard InChI is InChI=1S/C21H36NO6P/c1-15(17-12-19(26-2)21(28-4)20(13-17)27-3)22-10-7-11-29(24,25)14-16-8-5-6-9-18(16)23/h12-13,15-16,18,22-23H,5-11,14H2,1-4H3,(H,24,25)/t15-,16?,18-/m0/s1. The summed E-state index contributed by atoms with van der Waals surface area (Å²) in [6.45, 7) is 2.65. The van der Waals surface area contributed by atoms with Crippen molar-refractivity contribution in [3.8, 4) is 17.2 Å². The van der Waals surface area contributed by atoms with Gasteiger partial charge in [-0.3, -0.25) is 4.57 Å². The van der Waals surface area contributed by atoms with Gasteiger partial charge in [0.05, 0.1) is 27.4 Å². The lowest BCUT2D eigenvalue weighted by atomic mass is 9.88. The monoisotopic (exact) mass is 429 g/mol. The zero-order valence-corrected chi connectivity index (χ0v) is 18.9. The van der Waals surface area contributed by atoms with E-state index in [0.717, 1.165) is 31.2 Å². The molecule has 0 spiro atoms. The Morgan fingerprint density at radius 3 is 2.31 bits per heavy atom. The molecule has 0 aliphatic heterocycles. The van der Waals surface area contributed by atoms with Crippen molar-refractivity contribution in [2.24, 2.45) is 5.92 Å². The van der Waals surface area contributed by atoms with Crippen LogP contribution in [-0.2, 0) is 4.57 Å². The highest BCUT2D eigenvalue weighted by Crippen LogP contribution is 2.46. The van der Waals surface area contributed by atoms with Crippen LogP contribution < -0.4 is 19.5 Å². The number of hydrogen-bond donors (Lipinski definition) is 3. The molecule has 0 amide bonds. The number of benzene rings is 1. The summed E-state index contributed by atoms with van der Waals surface area (Å²) in [5.41, 5.74) is 0.983. The molecule has 1 saturated carbocycles. The average molecular weight is 429 g/mol. The van der Waals surface area contributed by atoms with Gasteiger partial charge < -0.3 is 29.5 Å². The zero-order chi connectivity index (χ0) is 21.4. The number of rotatable bonds is 11. The van der Waals surface area contributed by atoms with Gasteiger partial charge in [-0.25, -0.2) is 0 Å². The highest BCUT2D eigenvalue weighted by molar-refractivity contribution is 7.58. The summed E-state index contributed by atoms with van der Waals surface area (Å²) in [6.07, 6.45) is 4.32. The van der Waals surface area contributed by atoms with Crippen LogP contribution in [0.15, 0.2) is 12.1 Å². The molecule has 3 N–H and O–H groups in total. The minimum atomic E-state index is -3.22. The number of aliphatic hydroxyl groups is 1. The normalized spacial score (nSPS) is 22.6. The minimum Gasteiger partial charge on any atom is -0.493 e. The van der Waals surface area contributed by atoms with Crippen LogP contribution in [0.5, 0.6) is 17.2 Å². The van der Waals surface area contributed by atoms with E-state index in [1.165, 1.54) is 0 Å². The lowest BCUT2D eigenvalue weighted by molar-refractivity contribution is 0.0795. The van der Waals surface area contributed by atoms with Crippen molar-refractivity contribution in [3.05, 3.63) is 17.7 Å². The molecule has 1 aliphatic rings. The molecule has 8 heteroatoms. The number of hydrogen-bond acceptors (Lipinski definition) is 6. The Hall–Kier alpha value is -1.27. The van der Waals surface area contributed by atoms with E-state index in [4.69, 9.17) is 14.2 Å². The molecule has 29 heavy (non-hydrogen) atoms. The maximum atomic E-state index is 12.5. The van der Waals surface area contributed by atoms with Crippen LogP contribution in [0.4, 0.5) is 0 Å². The van der Waals surface area contributed by atoms with Crippen molar-refractivity contribution in [2.45, 2.75) is 51.2 Å². The topological polar surface area (TPSA) is 97.3 Å². The third kappa shape index (κ3) is 6.88. The molecule has 4 atom stereocenters. The van der Waals surface area contributed by atoms with Crippen molar-refractivity contribution in [1.29, 1.82) is 0 Å². The first-order chi connectivity index (χ1) is 13.8. The van der Waals surface area contributed by atoms with Gasteiger partial charge in [0, 0.05) is 18.4 Å². The summed E-state index contributed by atoms with van der Waals surface area (Å²) in [4.78, 5) is 10.3.